The van der Waals surface area contributed by atoms with Crippen molar-refractivity contribution in [3.8, 4) is 0 Å². The zero-order valence-electron chi connectivity index (χ0n) is 13.6. The van der Waals surface area contributed by atoms with Crippen LogP contribution in [-0.4, -0.2) is 25.3 Å². The van der Waals surface area contributed by atoms with Crippen LogP contribution in [-0.2, 0) is 9.22 Å². The first-order valence-corrected chi connectivity index (χ1v) is 10.6. The molecule has 2 bridgehead atoms. The second-order valence-corrected chi connectivity index (χ2v) is 12.7. The van der Waals surface area contributed by atoms with E-state index in [0.29, 0.717) is 5.57 Å². The Morgan fingerprint density at radius 3 is 2.35 bits per heavy atom. The Balaban J connectivity index is 2.20. The summed E-state index contributed by atoms with van der Waals surface area (Å²) in [4.78, 5) is 12.5. The summed E-state index contributed by atoms with van der Waals surface area (Å²) in [6, 6.07) is 0. The molecule has 3 atom stereocenters. The normalized spacial score (nSPS) is 33.5. The second-order valence-electron chi connectivity index (χ2n) is 7.90. The molecule has 3 nitrogen and oxygen atoms in total. The third-order valence-electron chi connectivity index (χ3n) is 5.44. The summed E-state index contributed by atoms with van der Waals surface area (Å²) in [5.41, 5.74) is 0.677. The smallest absolute Gasteiger partial charge is 0.192 e. The number of aliphatic hydroxyl groups is 1. The van der Waals surface area contributed by atoms with Crippen LogP contribution in [0, 0.1) is 11.8 Å². The van der Waals surface area contributed by atoms with E-state index in [9.17, 15) is 9.90 Å². The molecular weight excluding hydrogens is 268 g/mol. The van der Waals surface area contributed by atoms with Crippen molar-refractivity contribution in [3.05, 3.63) is 11.3 Å². The molecule has 0 aromatic heterocycles. The van der Waals surface area contributed by atoms with Gasteiger partial charge in [-0.3, -0.25) is 4.79 Å². The van der Waals surface area contributed by atoms with Gasteiger partial charge >= 0.3 is 0 Å². The summed E-state index contributed by atoms with van der Waals surface area (Å²) < 4.78 is 6.49. The molecular formula is C16H28O3Si. The highest BCUT2D eigenvalue weighted by atomic mass is 28.4. The molecule has 0 amide bonds. The van der Waals surface area contributed by atoms with Crippen molar-refractivity contribution < 1.29 is 14.3 Å². The zero-order valence-corrected chi connectivity index (χ0v) is 14.6. The molecule has 0 aromatic carbocycles. The van der Waals surface area contributed by atoms with Gasteiger partial charge in [-0.15, -0.1) is 0 Å². The van der Waals surface area contributed by atoms with Crippen molar-refractivity contribution >= 4 is 14.1 Å². The molecule has 0 aliphatic heterocycles. The average Bonchev–Trinajstić information content (AvgIpc) is 2.26. The Morgan fingerprint density at radius 2 is 1.90 bits per heavy atom. The highest BCUT2D eigenvalue weighted by Gasteiger charge is 2.49. The number of hydrogen-bond donors (Lipinski definition) is 1. The third-order valence-corrected chi connectivity index (χ3v) is 9.95. The van der Waals surface area contributed by atoms with Crippen molar-refractivity contribution in [2.45, 2.75) is 71.2 Å². The Labute approximate surface area is 123 Å². The summed E-state index contributed by atoms with van der Waals surface area (Å²) in [5.74, 6) is 0.519. The van der Waals surface area contributed by atoms with E-state index in [4.69, 9.17) is 4.43 Å². The summed E-state index contributed by atoms with van der Waals surface area (Å²) in [5, 5.41) is 9.91. The molecule has 114 valence electrons. The SMILES string of the molecule is C/C(O)=C1\C(=O)[C@@H]2CC[C@H]1C[C@@H]2O[Si](C)(C)C(C)(C)C. The van der Waals surface area contributed by atoms with Crippen LogP contribution in [0.2, 0.25) is 18.1 Å². The number of rotatable bonds is 2. The number of ketones is 1. The van der Waals surface area contributed by atoms with Crippen LogP contribution >= 0.6 is 0 Å². The molecule has 0 unspecified atom stereocenters. The van der Waals surface area contributed by atoms with E-state index in [-0.39, 0.29) is 34.5 Å². The van der Waals surface area contributed by atoms with Gasteiger partial charge in [0.15, 0.2) is 14.1 Å². The van der Waals surface area contributed by atoms with Gasteiger partial charge in [0.1, 0.15) is 0 Å². The number of carbonyl (C=O) groups excluding carboxylic acids is 1. The van der Waals surface area contributed by atoms with Crippen LogP contribution in [0.15, 0.2) is 11.3 Å². The van der Waals surface area contributed by atoms with Crippen LogP contribution < -0.4 is 0 Å². The predicted octanol–water partition coefficient (Wildman–Crippen LogP) is 4.21. The van der Waals surface area contributed by atoms with E-state index >= 15 is 0 Å². The minimum Gasteiger partial charge on any atom is -0.512 e. The van der Waals surface area contributed by atoms with Gasteiger partial charge in [0.05, 0.1) is 11.9 Å². The lowest BCUT2D eigenvalue weighted by atomic mass is 9.65. The summed E-state index contributed by atoms with van der Waals surface area (Å²) in [6.45, 7) is 12.8. The van der Waals surface area contributed by atoms with Gasteiger partial charge in [-0.25, -0.2) is 0 Å². The second kappa shape index (κ2) is 4.99. The first-order valence-electron chi connectivity index (χ1n) is 7.66. The van der Waals surface area contributed by atoms with Crippen molar-refractivity contribution in [1.29, 1.82) is 0 Å². The fraction of sp³-hybridized carbons (Fsp3) is 0.812. The lowest BCUT2D eigenvalue weighted by molar-refractivity contribution is -0.129. The highest BCUT2D eigenvalue weighted by molar-refractivity contribution is 6.74. The number of Topliss-reactive ketones (excluding diaryl/α,β-unsaturated/α-hetero) is 1. The largest absolute Gasteiger partial charge is 0.512 e. The molecule has 20 heavy (non-hydrogen) atoms. The summed E-state index contributed by atoms with van der Waals surface area (Å²) in [7, 11) is -1.84. The monoisotopic (exact) mass is 296 g/mol. The van der Waals surface area contributed by atoms with Crippen LogP contribution in [0.1, 0.15) is 47.0 Å². The quantitative estimate of drug-likeness (QED) is 0.472. The molecule has 3 fully saturated rings. The molecule has 0 aromatic rings. The topological polar surface area (TPSA) is 46.5 Å². The maximum absolute atomic E-state index is 12.5. The average molecular weight is 296 g/mol. The first-order chi connectivity index (χ1) is 9.04. The Hall–Kier alpha value is -0.613. The van der Waals surface area contributed by atoms with Gasteiger partial charge in [0.2, 0.25) is 0 Å². The maximum Gasteiger partial charge on any atom is 0.192 e. The maximum atomic E-state index is 12.5. The minimum absolute atomic E-state index is 0.0359. The lowest BCUT2D eigenvalue weighted by Gasteiger charge is -2.47. The van der Waals surface area contributed by atoms with E-state index in [0.717, 1.165) is 19.3 Å². The summed E-state index contributed by atoms with van der Waals surface area (Å²) in [6.07, 6.45) is 2.89. The molecule has 3 rings (SSSR count). The molecule has 1 N–H and O–H groups in total. The Morgan fingerprint density at radius 1 is 1.30 bits per heavy atom. The van der Waals surface area contributed by atoms with E-state index in [1.807, 2.05) is 0 Å². The van der Waals surface area contributed by atoms with E-state index in [1.54, 1.807) is 6.92 Å². The van der Waals surface area contributed by atoms with Crippen molar-refractivity contribution in [2.24, 2.45) is 11.8 Å². The van der Waals surface area contributed by atoms with Gasteiger partial charge in [-0.2, -0.15) is 0 Å². The molecule has 3 saturated carbocycles. The van der Waals surface area contributed by atoms with Gasteiger partial charge < -0.3 is 9.53 Å². The molecule has 0 saturated heterocycles. The number of hydrogen-bond acceptors (Lipinski definition) is 3. The van der Waals surface area contributed by atoms with Crippen LogP contribution in [0.25, 0.3) is 0 Å². The molecule has 3 aliphatic carbocycles. The summed E-state index contributed by atoms with van der Waals surface area (Å²) >= 11 is 0. The molecule has 0 radical (unpaired) electrons. The van der Waals surface area contributed by atoms with Crippen LogP contribution in [0.3, 0.4) is 0 Å². The standard InChI is InChI=1S/C16H28O3Si/c1-10(17)14-11-7-8-12(15(14)18)13(9-11)19-20(5,6)16(2,3)4/h11-13,17H,7-9H2,1-6H3/b14-10+/t11-,12+,13-/m0/s1. The highest BCUT2D eigenvalue weighted by Crippen LogP contribution is 2.47. The van der Waals surface area contributed by atoms with Crippen LogP contribution in [0.5, 0.6) is 0 Å². The third kappa shape index (κ3) is 2.60. The van der Waals surface area contributed by atoms with E-state index in [1.165, 1.54) is 0 Å². The predicted molar refractivity (Wildman–Crippen MR) is 83.2 cm³/mol. The number of fused-ring (bicyclic) bond motifs is 3. The van der Waals surface area contributed by atoms with E-state index in [2.05, 4.69) is 33.9 Å². The van der Waals surface area contributed by atoms with Crippen LogP contribution in [0.4, 0.5) is 0 Å². The molecule has 0 spiro atoms. The van der Waals surface area contributed by atoms with Gasteiger partial charge in [0.25, 0.3) is 0 Å². The number of allylic oxidation sites excluding steroid dienone is 2. The van der Waals surface area contributed by atoms with Crippen molar-refractivity contribution in [3.63, 3.8) is 0 Å². The minimum atomic E-state index is -1.84. The Bertz CT molecular complexity index is 441. The molecule has 3 aliphatic rings. The molecule has 4 heteroatoms. The fourth-order valence-electron chi connectivity index (χ4n) is 3.25. The number of aliphatic hydroxyl groups excluding tert-OH is 1. The molecule has 0 heterocycles. The van der Waals surface area contributed by atoms with Gasteiger partial charge in [-0.1, -0.05) is 20.8 Å². The zero-order chi connectivity index (χ0) is 15.3. The number of carbonyl (C=O) groups is 1. The van der Waals surface area contributed by atoms with Gasteiger partial charge in [0, 0.05) is 11.5 Å². The first kappa shape index (κ1) is 15.8. The van der Waals surface area contributed by atoms with E-state index < -0.39 is 8.32 Å². The fourth-order valence-corrected chi connectivity index (χ4v) is 4.62. The van der Waals surface area contributed by atoms with Gasteiger partial charge in [-0.05, 0) is 50.2 Å². The van der Waals surface area contributed by atoms with Crippen molar-refractivity contribution in [2.75, 3.05) is 0 Å². The van der Waals surface area contributed by atoms with Crippen molar-refractivity contribution in [1.82, 2.24) is 0 Å². The Kier molecular flexibility index (Phi) is 3.93. The lowest BCUT2D eigenvalue weighted by Crippen LogP contribution is -2.52.